The maximum atomic E-state index is 11.7. The van der Waals surface area contributed by atoms with E-state index < -0.39 is 0 Å². The van der Waals surface area contributed by atoms with Crippen LogP contribution in [0.1, 0.15) is 50.3 Å². The van der Waals surface area contributed by atoms with Crippen molar-refractivity contribution in [2.24, 2.45) is 5.92 Å². The van der Waals surface area contributed by atoms with Crippen LogP contribution in [0.15, 0.2) is 10.9 Å². The summed E-state index contributed by atoms with van der Waals surface area (Å²) >= 11 is 0. The SMILES string of the molecule is CN1C2CCC1CC(CNc1cc(=O)[nH]c(C3CC3)n1)C2. The van der Waals surface area contributed by atoms with Crippen LogP contribution in [0.5, 0.6) is 0 Å². The highest BCUT2D eigenvalue weighted by Crippen LogP contribution is 2.38. The first kappa shape index (κ1) is 13.3. The minimum Gasteiger partial charge on any atom is -0.370 e. The van der Waals surface area contributed by atoms with Gasteiger partial charge in [-0.1, -0.05) is 0 Å². The molecule has 0 amide bonds. The molecule has 1 saturated carbocycles. The zero-order valence-corrected chi connectivity index (χ0v) is 12.6. The van der Waals surface area contributed by atoms with Crippen molar-refractivity contribution in [3.63, 3.8) is 0 Å². The molecule has 2 atom stereocenters. The number of anilines is 1. The van der Waals surface area contributed by atoms with Gasteiger partial charge < -0.3 is 15.2 Å². The highest BCUT2D eigenvalue weighted by molar-refractivity contribution is 5.34. The van der Waals surface area contributed by atoms with Gasteiger partial charge in [0.25, 0.3) is 5.56 Å². The molecule has 114 valence electrons. The fourth-order valence-electron chi connectivity index (χ4n) is 4.06. The summed E-state index contributed by atoms with van der Waals surface area (Å²) in [7, 11) is 2.27. The van der Waals surface area contributed by atoms with E-state index >= 15 is 0 Å². The van der Waals surface area contributed by atoms with Crippen molar-refractivity contribution in [2.45, 2.75) is 56.5 Å². The summed E-state index contributed by atoms with van der Waals surface area (Å²) in [6.07, 6.45) is 7.58. The van der Waals surface area contributed by atoms with Crippen molar-refractivity contribution in [3.05, 3.63) is 22.2 Å². The van der Waals surface area contributed by atoms with Crippen LogP contribution >= 0.6 is 0 Å². The summed E-state index contributed by atoms with van der Waals surface area (Å²) in [5.74, 6) is 2.82. The Bertz CT molecular complexity index is 566. The lowest BCUT2D eigenvalue weighted by Crippen LogP contribution is -2.41. The maximum absolute atomic E-state index is 11.7. The molecule has 3 aliphatic rings. The van der Waals surface area contributed by atoms with E-state index in [1.807, 2.05) is 0 Å². The minimum absolute atomic E-state index is 0.0298. The summed E-state index contributed by atoms with van der Waals surface area (Å²) in [4.78, 5) is 21.7. The van der Waals surface area contributed by atoms with Gasteiger partial charge in [-0.25, -0.2) is 4.98 Å². The van der Waals surface area contributed by atoms with Gasteiger partial charge in [0.2, 0.25) is 0 Å². The molecular formula is C16H24N4O. The van der Waals surface area contributed by atoms with E-state index in [0.29, 0.717) is 11.8 Å². The average Bonchev–Trinajstić information content (AvgIpc) is 3.27. The van der Waals surface area contributed by atoms with Crippen LogP contribution in [0.2, 0.25) is 0 Å². The van der Waals surface area contributed by atoms with Gasteiger partial charge in [0.15, 0.2) is 0 Å². The third-order valence-corrected chi connectivity index (χ3v) is 5.49. The predicted molar refractivity (Wildman–Crippen MR) is 82.6 cm³/mol. The van der Waals surface area contributed by atoms with Gasteiger partial charge >= 0.3 is 0 Å². The number of nitrogens with one attached hydrogen (secondary N) is 2. The Hall–Kier alpha value is -1.36. The Balaban J connectivity index is 1.40. The van der Waals surface area contributed by atoms with E-state index in [0.717, 1.165) is 43.1 Å². The van der Waals surface area contributed by atoms with E-state index in [9.17, 15) is 4.79 Å². The first-order valence-corrected chi connectivity index (χ1v) is 8.26. The highest BCUT2D eigenvalue weighted by atomic mass is 16.1. The first-order chi connectivity index (χ1) is 10.2. The van der Waals surface area contributed by atoms with Crippen molar-refractivity contribution in [3.8, 4) is 0 Å². The van der Waals surface area contributed by atoms with Crippen LogP contribution in [-0.2, 0) is 0 Å². The molecule has 2 unspecified atom stereocenters. The molecule has 3 fully saturated rings. The van der Waals surface area contributed by atoms with Gasteiger partial charge in [0.05, 0.1) is 0 Å². The Morgan fingerprint density at radius 1 is 1.29 bits per heavy atom. The van der Waals surface area contributed by atoms with E-state index in [1.165, 1.54) is 25.7 Å². The molecule has 2 bridgehead atoms. The fourth-order valence-corrected chi connectivity index (χ4v) is 4.06. The second-order valence-corrected chi connectivity index (χ2v) is 7.06. The molecule has 3 heterocycles. The molecule has 5 nitrogen and oxygen atoms in total. The van der Waals surface area contributed by atoms with Crippen LogP contribution in [-0.4, -0.2) is 40.5 Å². The average molecular weight is 288 g/mol. The number of rotatable bonds is 4. The van der Waals surface area contributed by atoms with Crippen molar-refractivity contribution in [1.82, 2.24) is 14.9 Å². The smallest absolute Gasteiger partial charge is 0.252 e. The number of aromatic nitrogens is 2. The number of H-pyrrole nitrogens is 1. The number of nitrogens with zero attached hydrogens (tertiary/aromatic N) is 2. The van der Waals surface area contributed by atoms with Crippen molar-refractivity contribution in [2.75, 3.05) is 18.9 Å². The molecule has 1 aliphatic carbocycles. The summed E-state index contributed by atoms with van der Waals surface area (Å²) in [5.41, 5.74) is -0.0298. The number of fused-ring (bicyclic) bond motifs is 2. The lowest BCUT2D eigenvalue weighted by molar-refractivity contribution is 0.139. The lowest BCUT2D eigenvalue weighted by Gasteiger charge is -2.36. The molecule has 2 aliphatic heterocycles. The van der Waals surface area contributed by atoms with E-state index in [2.05, 4.69) is 27.2 Å². The summed E-state index contributed by atoms with van der Waals surface area (Å²) < 4.78 is 0. The number of aromatic amines is 1. The largest absolute Gasteiger partial charge is 0.370 e. The summed E-state index contributed by atoms with van der Waals surface area (Å²) in [6, 6.07) is 3.13. The van der Waals surface area contributed by atoms with Crippen molar-refractivity contribution in [1.29, 1.82) is 0 Å². The molecule has 5 heteroatoms. The maximum Gasteiger partial charge on any atom is 0.252 e. The zero-order chi connectivity index (χ0) is 14.4. The number of hydrogen-bond acceptors (Lipinski definition) is 4. The molecule has 21 heavy (non-hydrogen) atoms. The number of hydrogen-bond donors (Lipinski definition) is 2. The second-order valence-electron chi connectivity index (χ2n) is 7.06. The van der Waals surface area contributed by atoms with Crippen LogP contribution in [0.3, 0.4) is 0 Å². The summed E-state index contributed by atoms with van der Waals surface area (Å²) in [5, 5.41) is 3.41. The van der Waals surface area contributed by atoms with Gasteiger partial charge in [0, 0.05) is 30.6 Å². The van der Waals surface area contributed by atoms with Crippen molar-refractivity contribution >= 4 is 5.82 Å². The molecular weight excluding hydrogens is 264 g/mol. The second kappa shape index (κ2) is 5.13. The Labute approximate surface area is 125 Å². The van der Waals surface area contributed by atoms with Crippen molar-refractivity contribution < 1.29 is 0 Å². The third-order valence-electron chi connectivity index (χ3n) is 5.49. The van der Waals surface area contributed by atoms with Gasteiger partial charge in [-0.15, -0.1) is 0 Å². The monoisotopic (exact) mass is 288 g/mol. The Morgan fingerprint density at radius 3 is 2.67 bits per heavy atom. The molecule has 2 N–H and O–H groups in total. The van der Waals surface area contributed by atoms with Gasteiger partial charge in [-0.05, 0) is 51.5 Å². The van der Waals surface area contributed by atoms with Crippen LogP contribution in [0.4, 0.5) is 5.82 Å². The van der Waals surface area contributed by atoms with E-state index in [1.54, 1.807) is 6.07 Å². The zero-order valence-electron chi connectivity index (χ0n) is 12.6. The topological polar surface area (TPSA) is 61.0 Å². The molecule has 2 saturated heterocycles. The first-order valence-electron chi connectivity index (χ1n) is 8.26. The quantitative estimate of drug-likeness (QED) is 0.889. The van der Waals surface area contributed by atoms with Crippen LogP contribution in [0, 0.1) is 5.92 Å². The summed E-state index contributed by atoms with van der Waals surface area (Å²) in [6.45, 7) is 0.946. The van der Waals surface area contributed by atoms with Gasteiger partial charge in [-0.2, -0.15) is 0 Å². The molecule has 0 radical (unpaired) electrons. The standard InChI is InChI=1S/C16H24N4O/c1-20-12-4-5-13(20)7-10(6-12)9-17-14-8-15(21)19-16(18-14)11-2-3-11/h8,10-13H,2-7,9H2,1H3,(H2,17,18,19,21). The van der Waals surface area contributed by atoms with E-state index in [4.69, 9.17) is 0 Å². The highest BCUT2D eigenvalue weighted by Gasteiger charge is 2.38. The van der Waals surface area contributed by atoms with Crippen LogP contribution in [0.25, 0.3) is 0 Å². The van der Waals surface area contributed by atoms with Gasteiger partial charge in [-0.3, -0.25) is 4.79 Å². The molecule has 0 spiro atoms. The molecule has 1 aromatic rings. The Morgan fingerprint density at radius 2 is 2.00 bits per heavy atom. The minimum atomic E-state index is -0.0298. The third kappa shape index (κ3) is 2.71. The Kier molecular flexibility index (Phi) is 3.25. The molecule has 4 rings (SSSR count). The predicted octanol–water partition coefficient (Wildman–Crippen LogP) is 1.93. The van der Waals surface area contributed by atoms with Gasteiger partial charge in [0.1, 0.15) is 11.6 Å². The molecule has 0 aromatic carbocycles. The molecule has 1 aromatic heterocycles. The normalized spacial score (nSPS) is 32.3. The fraction of sp³-hybridized carbons (Fsp3) is 0.750. The van der Waals surface area contributed by atoms with Crippen LogP contribution < -0.4 is 10.9 Å². The lowest BCUT2D eigenvalue weighted by atomic mass is 9.91. The van der Waals surface area contributed by atoms with E-state index in [-0.39, 0.29) is 5.56 Å². The number of piperidine rings is 1.